The molecule has 2 N–H and O–H groups in total. The van der Waals surface area contributed by atoms with Gasteiger partial charge >= 0.3 is 0 Å². The van der Waals surface area contributed by atoms with E-state index in [9.17, 15) is 0 Å². The van der Waals surface area contributed by atoms with Gasteiger partial charge in [-0.3, -0.25) is 0 Å². The quantitative estimate of drug-likeness (QED) is 0.660. The zero-order valence-corrected chi connectivity index (χ0v) is 7.10. The van der Waals surface area contributed by atoms with Crippen molar-refractivity contribution in [1.82, 2.24) is 9.97 Å². The first-order chi connectivity index (χ1) is 6.36. The third-order valence-electron chi connectivity index (χ3n) is 1.34. The molecule has 0 radical (unpaired) electrons. The van der Waals surface area contributed by atoms with Gasteiger partial charge in [-0.1, -0.05) is 0 Å². The highest BCUT2D eigenvalue weighted by molar-refractivity contribution is 5.18. The third-order valence-corrected chi connectivity index (χ3v) is 1.34. The second-order valence-electron chi connectivity index (χ2n) is 2.34. The molecule has 0 fully saturated rings. The van der Waals surface area contributed by atoms with Crippen LogP contribution in [0.1, 0.15) is 12.1 Å². The highest BCUT2D eigenvalue weighted by atomic mass is 16.5. The molecule has 0 aliphatic heterocycles. The van der Waals surface area contributed by atoms with Crippen molar-refractivity contribution >= 4 is 0 Å². The Balaban J connectivity index is 2.46. The second kappa shape index (κ2) is 5.06. The molecule has 0 saturated heterocycles. The van der Waals surface area contributed by atoms with E-state index in [2.05, 4.69) is 9.97 Å². The second-order valence-corrected chi connectivity index (χ2v) is 2.34. The maximum Gasteiger partial charge on any atom is 0.232 e. The number of rotatable bonds is 4. The largest absolute Gasteiger partial charge is 0.477 e. The SMILES string of the molecule is N#Cc1cnc(OCCCN)cn1. The number of nitrogens with two attached hydrogens (primary N) is 1. The first-order valence-electron chi connectivity index (χ1n) is 3.92. The van der Waals surface area contributed by atoms with Gasteiger partial charge in [-0.25, -0.2) is 9.97 Å². The minimum Gasteiger partial charge on any atom is -0.477 e. The molecule has 0 bridgehead atoms. The number of hydrogen-bond donors (Lipinski definition) is 1. The van der Waals surface area contributed by atoms with Crippen molar-refractivity contribution in [3.63, 3.8) is 0 Å². The number of hydrogen-bond acceptors (Lipinski definition) is 5. The summed E-state index contributed by atoms with van der Waals surface area (Å²) in [7, 11) is 0. The molecule has 0 spiro atoms. The molecule has 0 aromatic carbocycles. The monoisotopic (exact) mass is 178 g/mol. The van der Waals surface area contributed by atoms with E-state index in [1.807, 2.05) is 6.07 Å². The van der Waals surface area contributed by atoms with Crippen LogP contribution in [0.5, 0.6) is 5.88 Å². The highest BCUT2D eigenvalue weighted by Gasteiger charge is 1.96. The summed E-state index contributed by atoms with van der Waals surface area (Å²) in [5.74, 6) is 0.424. The van der Waals surface area contributed by atoms with Gasteiger partial charge in [-0.05, 0) is 13.0 Å². The van der Waals surface area contributed by atoms with Crippen LogP contribution >= 0.6 is 0 Å². The Hall–Kier alpha value is -1.67. The zero-order valence-electron chi connectivity index (χ0n) is 7.10. The van der Waals surface area contributed by atoms with Crippen LogP contribution in [0.15, 0.2) is 12.4 Å². The van der Waals surface area contributed by atoms with Gasteiger partial charge in [0, 0.05) is 0 Å². The summed E-state index contributed by atoms with van der Waals surface area (Å²) in [6.45, 7) is 1.11. The molecular weight excluding hydrogens is 168 g/mol. The number of nitriles is 1. The lowest BCUT2D eigenvalue weighted by Crippen LogP contribution is -2.07. The maximum absolute atomic E-state index is 8.43. The average molecular weight is 178 g/mol. The first kappa shape index (κ1) is 9.42. The smallest absolute Gasteiger partial charge is 0.232 e. The van der Waals surface area contributed by atoms with Crippen LogP contribution in [0, 0.1) is 11.3 Å². The van der Waals surface area contributed by atoms with Gasteiger partial charge in [0.05, 0.1) is 19.0 Å². The maximum atomic E-state index is 8.43. The summed E-state index contributed by atoms with van der Waals surface area (Å²) in [6.07, 6.45) is 3.58. The molecule has 0 atom stereocenters. The Morgan fingerprint density at radius 3 is 2.85 bits per heavy atom. The van der Waals surface area contributed by atoms with Crippen LogP contribution in [-0.4, -0.2) is 23.1 Å². The van der Waals surface area contributed by atoms with Gasteiger partial charge in [0.1, 0.15) is 6.07 Å². The molecule has 0 unspecified atom stereocenters. The first-order valence-corrected chi connectivity index (χ1v) is 3.92. The van der Waals surface area contributed by atoms with E-state index in [0.29, 0.717) is 19.0 Å². The van der Waals surface area contributed by atoms with E-state index in [0.717, 1.165) is 6.42 Å². The molecule has 1 rings (SSSR count). The number of nitrogens with zero attached hydrogens (tertiary/aromatic N) is 3. The molecule has 5 heteroatoms. The Morgan fingerprint density at radius 2 is 2.31 bits per heavy atom. The predicted molar refractivity (Wildman–Crippen MR) is 45.9 cm³/mol. The molecule has 1 aromatic rings. The molecule has 13 heavy (non-hydrogen) atoms. The zero-order chi connectivity index (χ0) is 9.52. The fraction of sp³-hybridized carbons (Fsp3) is 0.375. The minimum atomic E-state index is 0.283. The minimum absolute atomic E-state index is 0.283. The van der Waals surface area contributed by atoms with Gasteiger partial charge in [-0.15, -0.1) is 0 Å². The van der Waals surface area contributed by atoms with Crippen molar-refractivity contribution < 1.29 is 4.74 Å². The van der Waals surface area contributed by atoms with Crippen LogP contribution < -0.4 is 10.5 Å². The summed E-state index contributed by atoms with van der Waals surface area (Å²) in [6, 6.07) is 1.87. The van der Waals surface area contributed by atoms with E-state index in [1.54, 1.807) is 0 Å². The van der Waals surface area contributed by atoms with Gasteiger partial charge in [0.25, 0.3) is 0 Å². The fourth-order valence-electron chi connectivity index (χ4n) is 0.709. The van der Waals surface area contributed by atoms with Gasteiger partial charge < -0.3 is 10.5 Å². The molecule has 68 valence electrons. The fourth-order valence-corrected chi connectivity index (χ4v) is 0.709. The summed E-state index contributed by atoms with van der Waals surface area (Å²) >= 11 is 0. The van der Waals surface area contributed by atoms with E-state index in [4.69, 9.17) is 15.7 Å². The van der Waals surface area contributed by atoms with Crippen LogP contribution in [0.4, 0.5) is 0 Å². The molecule has 1 heterocycles. The van der Waals surface area contributed by atoms with E-state index < -0.39 is 0 Å². The Morgan fingerprint density at radius 1 is 1.46 bits per heavy atom. The van der Waals surface area contributed by atoms with Crippen LogP contribution in [0.25, 0.3) is 0 Å². The number of ether oxygens (including phenoxy) is 1. The summed E-state index contributed by atoms with van der Waals surface area (Å²) in [5.41, 5.74) is 5.56. The normalized spacial score (nSPS) is 9.23. The van der Waals surface area contributed by atoms with E-state index in [1.165, 1.54) is 12.4 Å². The Labute approximate surface area is 76.2 Å². The van der Waals surface area contributed by atoms with Gasteiger partial charge in [0.15, 0.2) is 5.69 Å². The molecular formula is C8H10N4O. The Kier molecular flexibility index (Phi) is 3.67. The van der Waals surface area contributed by atoms with Crippen LogP contribution in [-0.2, 0) is 0 Å². The van der Waals surface area contributed by atoms with Crippen LogP contribution in [0.3, 0.4) is 0 Å². The van der Waals surface area contributed by atoms with Crippen molar-refractivity contribution in [3.8, 4) is 11.9 Å². The predicted octanol–water partition coefficient (Wildman–Crippen LogP) is 0.0759. The van der Waals surface area contributed by atoms with E-state index >= 15 is 0 Å². The van der Waals surface area contributed by atoms with E-state index in [-0.39, 0.29) is 5.69 Å². The molecule has 5 nitrogen and oxygen atoms in total. The average Bonchev–Trinajstić information content (AvgIpc) is 2.19. The summed E-state index contributed by atoms with van der Waals surface area (Å²) < 4.78 is 5.18. The van der Waals surface area contributed by atoms with Gasteiger partial charge in [0.2, 0.25) is 5.88 Å². The molecule has 0 saturated carbocycles. The van der Waals surface area contributed by atoms with Gasteiger partial charge in [-0.2, -0.15) is 5.26 Å². The van der Waals surface area contributed by atoms with Crippen LogP contribution in [0.2, 0.25) is 0 Å². The van der Waals surface area contributed by atoms with Crippen molar-refractivity contribution in [3.05, 3.63) is 18.1 Å². The molecule has 0 amide bonds. The lowest BCUT2D eigenvalue weighted by Gasteiger charge is -2.02. The van der Waals surface area contributed by atoms with Crippen molar-refractivity contribution in [2.24, 2.45) is 5.73 Å². The summed E-state index contributed by atoms with van der Waals surface area (Å²) in [5, 5.41) is 8.43. The molecule has 0 aliphatic carbocycles. The number of aromatic nitrogens is 2. The topological polar surface area (TPSA) is 84.8 Å². The van der Waals surface area contributed by atoms with Crippen molar-refractivity contribution in [2.75, 3.05) is 13.2 Å². The standard InChI is InChI=1S/C8H10N4O/c9-2-1-3-13-8-6-11-7(4-10)5-12-8/h5-6H,1-3,9H2. The lowest BCUT2D eigenvalue weighted by molar-refractivity contribution is 0.300. The molecule has 0 aliphatic rings. The van der Waals surface area contributed by atoms with Crippen molar-refractivity contribution in [1.29, 1.82) is 5.26 Å². The molecule has 1 aromatic heterocycles. The third kappa shape index (κ3) is 3.05. The van der Waals surface area contributed by atoms with Crippen molar-refractivity contribution in [2.45, 2.75) is 6.42 Å². The highest BCUT2D eigenvalue weighted by Crippen LogP contribution is 2.03. The Bertz CT molecular complexity index is 290. The summed E-state index contributed by atoms with van der Waals surface area (Å²) in [4.78, 5) is 7.67. The lowest BCUT2D eigenvalue weighted by atomic mass is 10.5.